The monoisotopic (exact) mass is 210 g/mol. The first-order valence-electron chi connectivity index (χ1n) is 3.43. The van der Waals surface area contributed by atoms with E-state index in [2.05, 4.69) is 47.0 Å². The quantitative estimate of drug-likeness (QED) is 0.652. The molecule has 0 radical (unpaired) electrons. The molecule has 0 unspecified atom stereocenters. The van der Waals surface area contributed by atoms with Crippen LogP contribution in [0, 0.1) is 0 Å². The molecule has 4 heteroatoms. The highest BCUT2D eigenvalue weighted by atomic mass is 32.2. The van der Waals surface area contributed by atoms with E-state index in [1.807, 2.05) is 0 Å². The SMILES string of the molecule is C1CSC(C2SCCS2)S1. The summed E-state index contributed by atoms with van der Waals surface area (Å²) in [7, 11) is 0. The van der Waals surface area contributed by atoms with Gasteiger partial charge in [-0.15, -0.1) is 47.0 Å². The van der Waals surface area contributed by atoms with Gasteiger partial charge < -0.3 is 0 Å². The summed E-state index contributed by atoms with van der Waals surface area (Å²) >= 11 is 8.64. The second-order valence-corrected chi connectivity index (χ2v) is 7.81. The van der Waals surface area contributed by atoms with Gasteiger partial charge in [0.15, 0.2) is 0 Å². The van der Waals surface area contributed by atoms with Gasteiger partial charge in [0.2, 0.25) is 0 Å². The maximum Gasteiger partial charge on any atom is 0.0712 e. The van der Waals surface area contributed by atoms with Gasteiger partial charge in [-0.1, -0.05) is 0 Å². The minimum absolute atomic E-state index is 0.914. The Balaban J connectivity index is 1.85. The second-order valence-electron chi connectivity index (χ2n) is 2.22. The van der Waals surface area contributed by atoms with E-state index >= 15 is 0 Å². The standard InChI is InChI=1S/C6H10S4/c1-2-8-5(7-1)6-9-3-4-10-6/h5-6H,1-4H2. The second kappa shape index (κ2) is 3.87. The zero-order valence-corrected chi connectivity index (χ0v) is 8.88. The number of hydrogen-bond donors (Lipinski definition) is 0. The highest BCUT2D eigenvalue weighted by Gasteiger charge is 2.29. The largest absolute Gasteiger partial charge is 0.145 e. The minimum Gasteiger partial charge on any atom is -0.145 e. The molecule has 0 amide bonds. The Labute approximate surface area is 79.0 Å². The van der Waals surface area contributed by atoms with Crippen molar-refractivity contribution in [1.29, 1.82) is 0 Å². The first-order valence-corrected chi connectivity index (χ1v) is 7.63. The fourth-order valence-corrected chi connectivity index (χ4v) is 7.98. The zero-order chi connectivity index (χ0) is 6.81. The fourth-order valence-electron chi connectivity index (χ4n) is 1.07. The molecule has 0 aromatic rings. The number of thioether (sulfide) groups is 4. The molecule has 2 aliphatic rings. The Morgan fingerprint density at radius 3 is 1.20 bits per heavy atom. The van der Waals surface area contributed by atoms with E-state index in [-0.39, 0.29) is 0 Å². The highest BCUT2D eigenvalue weighted by Crippen LogP contribution is 2.46. The number of hydrogen-bond acceptors (Lipinski definition) is 4. The van der Waals surface area contributed by atoms with Gasteiger partial charge >= 0.3 is 0 Å². The summed E-state index contributed by atoms with van der Waals surface area (Å²) < 4.78 is 1.83. The van der Waals surface area contributed by atoms with E-state index in [1.165, 1.54) is 23.0 Å². The van der Waals surface area contributed by atoms with Crippen molar-refractivity contribution < 1.29 is 0 Å². The van der Waals surface area contributed by atoms with E-state index in [0.29, 0.717) is 0 Å². The van der Waals surface area contributed by atoms with Gasteiger partial charge in [0.25, 0.3) is 0 Å². The normalized spacial score (nSPS) is 30.0. The molecule has 0 saturated carbocycles. The number of rotatable bonds is 1. The molecule has 0 aromatic heterocycles. The molecule has 58 valence electrons. The summed E-state index contributed by atoms with van der Waals surface area (Å²) in [5.74, 6) is 5.53. The van der Waals surface area contributed by atoms with Crippen LogP contribution in [0.2, 0.25) is 0 Å². The average Bonchev–Trinajstić information content (AvgIpc) is 2.59. The Kier molecular flexibility index (Phi) is 3.11. The molecule has 0 bridgehead atoms. The van der Waals surface area contributed by atoms with Crippen LogP contribution in [-0.2, 0) is 0 Å². The highest BCUT2D eigenvalue weighted by molar-refractivity contribution is 8.26. The molecule has 2 heterocycles. The molecule has 0 spiro atoms. The summed E-state index contributed by atoms with van der Waals surface area (Å²) in [5.41, 5.74) is 0. The van der Waals surface area contributed by atoms with Gasteiger partial charge in [-0.2, -0.15) is 0 Å². The minimum atomic E-state index is 0.914. The molecule has 2 saturated heterocycles. The predicted octanol–water partition coefficient (Wildman–Crippen LogP) is 2.60. The molecule has 0 nitrogen and oxygen atoms in total. The average molecular weight is 210 g/mol. The molecule has 0 aromatic carbocycles. The van der Waals surface area contributed by atoms with Gasteiger partial charge in [0.1, 0.15) is 0 Å². The zero-order valence-electron chi connectivity index (χ0n) is 5.62. The molecule has 2 aliphatic heterocycles. The topological polar surface area (TPSA) is 0 Å². The van der Waals surface area contributed by atoms with Crippen molar-refractivity contribution in [2.75, 3.05) is 23.0 Å². The Morgan fingerprint density at radius 2 is 0.900 bits per heavy atom. The van der Waals surface area contributed by atoms with E-state index in [1.54, 1.807) is 0 Å². The predicted molar refractivity (Wildman–Crippen MR) is 57.4 cm³/mol. The lowest BCUT2D eigenvalue weighted by atomic mass is 10.9. The van der Waals surface area contributed by atoms with Gasteiger partial charge in [-0.3, -0.25) is 0 Å². The molecule has 0 aliphatic carbocycles. The van der Waals surface area contributed by atoms with Crippen LogP contribution in [0.15, 0.2) is 0 Å². The first kappa shape index (κ1) is 8.02. The lowest BCUT2D eigenvalue weighted by Gasteiger charge is -2.13. The smallest absolute Gasteiger partial charge is 0.0712 e. The first-order chi connectivity index (χ1) is 4.97. The Bertz CT molecular complexity index is 90.3. The van der Waals surface area contributed by atoms with E-state index in [4.69, 9.17) is 0 Å². The van der Waals surface area contributed by atoms with Gasteiger partial charge in [-0.25, -0.2) is 0 Å². The molecule has 0 N–H and O–H groups in total. The third-order valence-electron chi connectivity index (χ3n) is 1.52. The maximum absolute atomic E-state index is 2.16. The summed E-state index contributed by atoms with van der Waals surface area (Å²) in [4.78, 5) is 0. The maximum atomic E-state index is 2.16. The van der Waals surface area contributed by atoms with Gasteiger partial charge in [0, 0.05) is 23.0 Å². The van der Waals surface area contributed by atoms with Crippen LogP contribution in [0.5, 0.6) is 0 Å². The van der Waals surface area contributed by atoms with Crippen LogP contribution in [0.1, 0.15) is 0 Å². The van der Waals surface area contributed by atoms with Crippen molar-refractivity contribution in [2.24, 2.45) is 0 Å². The fraction of sp³-hybridized carbons (Fsp3) is 1.00. The lowest BCUT2D eigenvalue weighted by molar-refractivity contribution is 1.39. The van der Waals surface area contributed by atoms with Crippen LogP contribution in [0.25, 0.3) is 0 Å². The van der Waals surface area contributed by atoms with E-state index < -0.39 is 0 Å². The molecular formula is C6H10S4. The molecule has 2 rings (SSSR count). The molecular weight excluding hydrogens is 200 g/mol. The van der Waals surface area contributed by atoms with E-state index in [9.17, 15) is 0 Å². The lowest BCUT2D eigenvalue weighted by Crippen LogP contribution is -2.05. The third kappa shape index (κ3) is 1.76. The van der Waals surface area contributed by atoms with Gasteiger partial charge in [0.05, 0.1) is 9.16 Å². The summed E-state index contributed by atoms with van der Waals surface area (Å²) in [6, 6.07) is 0. The van der Waals surface area contributed by atoms with Crippen LogP contribution < -0.4 is 0 Å². The van der Waals surface area contributed by atoms with Crippen molar-refractivity contribution in [3.8, 4) is 0 Å². The summed E-state index contributed by atoms with van der Waals surface area (Å²) in [6.07, 6.45) is 0. The molecule has 10 heavy (non-hydrogen) atoms. The van der Waals surface area contributed by atoms with Crippen molar-refractivity contribution in [1.82, 2.24) is 0 Å². The third-order valence-corrected chi connectivity index (χ3v) is 8.52. The van der Waals surface area contributed by atoms with Crippen molar-refractivity contribution >= 4 is 47.0 Å². The van der Waals surface area contributed by atoms with Crippen molar-refractivity contribution in [3.05, 3.63) is 0 Å². The van der Waals surface area contributed by atoms with Crippen LogP contribution >= 0.6 is 47.0 Å². The van der Waals surface area contributed by atoms with E-state index in [0.717, 1.165) is 9.16 Å². The summed E-state index contributed by atoms with van der Waals surface area (Å²) in [6.45, 7) is 0. The molecule has 0 atom stereocenters. The summed E-state index contributed by atoms with van der Waals surface area (Å²) in [5, 5.41) is 0. The Hall–Kier alpha value is 1.40. The Morgan fingerprint density at radius 1 is 0.600 bits per heavy atom. The van der Waals surface area contributed by atoms with Crippen LogP contribution in [-0.4, -0.2) is 32.2 Å². The van der Waals surface area contributed by atoms with Crippen LogP contribution in [0.3, 0.4) is 0 Å². The van der Waals surface area contributed by atoms with Crippen molar-refractivity contribution in [3.63, 3.8) is 0 Å². The molecule has 2 fully saturated rings. The van der Waals surface area contributed by atoms with Crippen LogP contribution in [0.4, 0.5) is 0 Å². The van der Waals surface area contributed by atoms with Gasteiger partial charge in [-0.05, 0) is 0 Å². The van der Waals surface area contributed by atoms with Crippen molar-refractivity contribution in [2.45, 2.75) is 9.16 Å².